The van der Waals surface area contributed by atoms with Gasteiger partial charge in [-0.15, -0.1) is 0 Å². The van der Waals surface area contributed by atoms with E-state index in [2.05, 4.69) is 11.4 Å². The number of benzene rings is 1. The first-order valence-electron chi connectivity index (χ1n) is 7.05. The molecule has 116 valence electrons. The summed E-state index contributed by atoms with van der Waals surface area (Å²) < 4.78 is 22.8. The van der Waals surface area contributed by atoms with Gasteiger partial charge in [0.2, 0.25) is 5.91 Å². The van der Waals surface area contributed by atoms with Crippen LogP contribution in [0.1, 0.15) is 17.5 Å². The van der Waals surface area contributed by atoms with Gasteiger partial charge in [0.05, 0.1) is 18.1 Å². The van der Waals surface area contributed by atoms with Crippen molar-refractivity contribution in [3.63, 3.8) is 0 Å². The molecule has 0 spiro atoms. The van der Waals surface area contributed by atoms with Gasteiger partial charge in [0.25, 0.3) is 0 Å². The zero-order chi connectivity index (χ0) is 15.6. The van der Waals surface area contributed by atoms with Gasteiger partial charge in [-0.05, 0) is 31.9 Å². The van der Waals surface area contributed by atoms with Gasteiger partial charge in [-0.2, -0.15) is 0 Å². The lowest BCUT2D eigenvalue weighted by atomic mass is 10.1. The Kier molecular flexibility index (Phi) is 4.56. The van der Waals surface area contributed by atoms with Crippen LogP contribution in [0.5, 0.6) is 0 Å². The summed E-state index contributed by atoms with van der Waals surface area (Å²) in [5, 5.41) is 2.81. The lowest BCUT2D eigenvalue weighted by molar-refractivity contribution is -0.120. The van der Waals surface area contributed by atoms with Crippen molar-refractivity contribution in [3.8, 4) is 0 Å². The molecule has 1 fully saturated rings. The average Bonchev–Trinajstić information content (AvgIpc) is 2.67. The maximum Gasteiger partial charge on any atom is 0.239 e. The Morgan fingerprint density at radius 3 is 2.67 bits per heavy atom. The minimum Gasteiger partial charge on any atom is -0.365 e. The normalized spacial score (nSPS) is 20.2. The van der Waals surface area contributed by atoms with E-state index < -0.39 is 9.84 Å². The Morgan fingerprint density at radius 1 is 1.38 bits per heavy atom. The van der Waals surface area contributed by atoms with Gasteiger partial charge in [-0.1, -0.05) is 17.7 Å². The summed E-state index contributed by atoms with van der Waals surface area (Å²) in [6.07, 6.45) is 0.515. The molecule has 0 aliphatic carbocycles. The highest BCUT2D eigenvalue weighted by Gasteiger charge is 2.29. The summed E-state index contributed by atoms with van der Waals surface area (Å²) in [6, 6.07) is 5.85. The third kappa shape index (κ3) is 4.20. The fourth-order valence-electron chi connectivity index (χ4n) is 2.72. The molecule has 1 heterocycles. The van der Waals surface area contributed by atoms with Gasteiger partial charge in [-0.3, -0.25) is 4.79 Å². The van der Waals surface area contributed by atoms with Gasteiger partial charge in [0.15, 0.2) is 9.84 Å². The average molecular weight is 310 g/mol. The van der Waals surface area contributed by atoms with E-state index in [1.165, 1.54) is 5.56 Å². The molecule has 1 atom stereocenters. The summed E-state index contributed by atoms with van der Waals surface area (Å²) in [4.78, 5) is 13.9. The van der Waals surface area contributed by atoms with E-state index in [9.17, 15) is 13.2 Å². The molecule has 1 unspecified atom stereocenters. The van der Waals surface area contributed by atoms with E-state index in [0.29, 0.717) is 6.42 Å². The van der Waals surface area contributed by atoms with Gasteiger partial charge in [0.1, 0.15) is 0 Å². The maximum absolute atomic E-state index is 12.0. The van der Waals surface area contributed by atoms with Gasteiger partial charge >= 0.3 is 0 Å². The van der Waals surface area contributed by atoms with Gasteiger partial charge in [-0.25, -0.2) is 8.42 Å². The van der Waals surface area contributed by atoms with Crippen LogP contribution in [0.15, 0.2) is 18.2 Å². The van der Waals surface area contributed by atoms with E-state index in [1.807, 2.05) is 37.9 Å². The van der Waals surface area contributed by atoms with Crippen molar-refractivity contribution in [1.82, 2.24) is 5.32 Å². The fraction of sp³-hybridized carbons (Fsp3) is 0.533. The second-order valence-electron chi connectivity index (χ2n) is 5.81. The minimum atomic E-state index is -2.96. The molecule has 0 saturated carbocycles. The smallest absolute Gasteiger partial charge is 0.239 e. The summed E-state index contributed by atoms with van der Waals surface area (Å²) in [5.41, 5.74) is 3.31. The first-order chi connectivity index (χ1) is 9.77. The summed E-state index contributed by atoms with van der Waals surface area (Å²) >= 11 is 0. The molecule has 6 heteroatoms. The molecule has 0 aromatic heterocycles. The molecule has 0 bridgehead atoms. The predicted octanol–water partition coefficient (Wildman–Crippen LogP) is 1.04. The third-order valence-corrected chi connectivity index (χ3v) is 5.51. The zero-order valence-corrected chi connectivity index (χ0v) is 13.5. The Morgan fingerprint density at radius 2 is 2.10 bits per heavy atom. The second kappa shape index (κ2) is 6.05. The van der Waals surface area contributed by atoms with E-state index >= 15 is 0 Å². The van der Waals surface area contributed by atoms with Crippen LogP contribution in [0.4, 0.5) is 5.69 Å². The Bertz CT molecular complexity index is 640. The number of hydrogen-bond acceptors (Lipinski definition) is 4. The van der Waals surface area contributed by atoms with Crippen molar-refractivity contribution in [2.45, 2.75) is 26.3 Å². The number of anilines is 1. The molecule has 21 heavy (non-hydrogen) atoms. The van der Waals surface area contributed by atoms with Crippen LogP contribution in [0.3, 0.4) is 0 Å². The van der Waals surface area contributed by atoms with Gasteiger partial charge in [0, 0.05) is 18.8 Å². The number of carbonyl (C=O) groups excluding carboxylic acids is 1. The molecule has 1 aliphatic heterocycles. The van der Waals surface area contributed by atoms with Crippen molar-refractivity contribution >= 4 is 21.4 Å². The Balaban J connectivity index is 1.93. The largest absolute Gasteiger partial charge is 0.365 e. The second-order valence-corrected chi connectivity index (χ2v) is 8.04. The highest BCUT2D eigenvalue weighted by atomic mass is 32.2. The standard InChI is InChI=1S/C15H22N2O3S/c1-11-4-5-14(12(2)8-11)17(3)9-15(18)16-13-6-7-21(19,20)10-13/h4-5,8,13H,6-7,9-10H2,1-3H3,(H,16,18). The molecule has 1 saturated heterocycles. The topological polar surface area (TPSA) is 66.5 Å². The summed E-state index contributed by atoms with van der Waals surface area (Å²) in [6.45, 7) is 4.27. The van der Waals surface area contributed by atoms with Crippen LogP contribution in [0.25, 0.3) is 0 Å². The molecule has 1 amide bonds. The van der Waals surface area contributed by atoms with Crippen LogP contribution in [-0.4, -0.2) is 45.5 Å². The quantitative estimate of drug-likeness (QED) is 0.902. The Hall–Kier alpha value is -1.56. The molecule has 2 rings (SSSR count). The van der Waals surface area contributed by atoms with Crippen LogP contribution < -0.4 is 10.2 Å². The molecule has 0 radical (unpaired) electrons. The SMILES string of the molecule is Cc1ccc(N(C)CC(=O)NC2CCS(=O)(=O)C2)c(C)c1. The Labute approximate surface area is 126 Å². The highest BCUT2D eigenvalue weighted by molar-refractivity contribution is 7.91. The first-order valence-corrected chi connectivity index (χ1v) is 8.87. The molecular formula is C15H22N2O3S. The van der Waals surface area contributed by atoms with Gasteiger partial charge < -0.3 is 10.2 Å². The number of carbonyl (C=O) groups is 1. The lowest BCUT2D eigenvalue weighted by Crippen LogP contribution is -2.41. The number of hydrogen-bond donors (Lipinski definition) is 1. The first kappa shape index (κ1) is 15.8. The molecule has 1 N–H and O–H groups in total. The minimum absolute atomic E-state index is 0.0615. The van der Waals surface area contributed by atoms with Crippen molar-refractivity contribution in [2.75, 3.05) is 30.0 Å². The lowest BCUT2D eigenvalue weighted by Gasteiger charge is -2.22. The third-order valence-electron chi connectivity index (χ3n) is 3.74. The van der Waals surface area contributed by atoms with Crippen LogP contribution in [-0.2, 0) is 14.6 Å². The zero-order valence-electron chi connectivity index (χ0n) is 12.7. The van der Waals surface area contributed by atoms with Crippen LogP contribution in [0.2, 0.25) is 0 Å². The number of likely N-dealkylation sites (N-methyl/N-ethyl adjacent to an activating group) is 1. The number of rotatable bonds is 4. The fourth-order valence-corrected chi connectivity index (χ4v) is 4.39. The van der Waals surface area contributed by atoms with Crippen molar-refractivity contribution in [2.24, 2.45) is 0 Å². The summed E-state index contributed by atoms with van der Waals surface area (Å²) in [7, 11) is -1.10. The number of nitrogens with one attached hydrogen (secondary N) is 1. The van der Waals surface area contributed by atoms with E-state index in [0.717, 1.165) is 11.3 Å². The van der Waals surface area contributed by atoms with E-state index in [-0.39, 0.29) is 30.0 Å². The number of aryl methyl sites for hydroxylation is 2. The van der Waals surface area contributed by atoms with Crippen molar-refractivity contribution < 1.29 is 13.2 Å². The number of nitrogens with zero attached hydrogens (tertiary/aromatic N) is 1. The molecule has 1 aromatic rings. The molecule has 1 aromatic carbocycles. The van der Waals surface area contributed by atoms with Crippen LogP contribution >= 0.6 is 0 Å². The molecule has 5 nitrogen and oxygen atoms in total. The number of amides is 1. The van der Waals surface area contributed by atoms with Crippen LogP contribution in [0, 0.1) is 13.8 Å². The maximum atomic E-state index is 12.0. The van der Waals surface area contributed by atoms with E-state index in [4.69, 9.17) is 0 Å². The van der Waals surface area contributed by atoms with E-state index in [1.54, 1.807) is 0 Å². The molecule has 1 aliphatic rings. The van der Waals surface area contributed by atoms with Crippen molar-refractivity contribution in [3.05, 3.63) is 29.3 Å². The monoisotopic (exact) mass is 310 g/mol. The van der Waals surface area contributed by atoms with Crippen molar-refractivity contribution in [1.29, 1.82) is 0 Å². The highest BCUT2D eigenvalue weighted by Crippen LogP contribution is 2.19. The number of sulfone groups is 1. The summed E-state index contributed by atoms with van der Waals surface area (Å²) in [5.74, 6) is 0.0937. The molecular weight excluding hydrogens is 288 g/mol. The predicted molar refractivity (Wildman–Crippen MR) is 84.4 cm³/mol.